The summed E-state index contributed by atoms with van der Waals surface area (Å²) in [6.07, 6.45) is 1.23. The van der Waals surface area contributed by atoms with E-state index in [0.717, 1.165) is 22.8 Å². The SMILES string of the molecule is Cc1cc(N2CCN(S(C)(=O)=O)CC2)c2c(=O)cc(Nc3ccccc3)n(-c3ccccc3)c2n1. The fraction of sp³-hybridized carbons (Fsp3) is 0.231. The van der Waals surface area contributed by atoms with E-state index in [0.29, 0.717) is 43.0 Å². The van der Waals surface area contributed by atoms with E-state index in [9.17, 15) is 13.2 Å². The molecule has 0 radical (unpaired) electrons. The molecular formula is C26H27N5O3S. The van der Waals surface area contributed by atoms with Gasteiger partial charge < -0.3 is 10.2 Å². The lowest BCUT2D eigenvalue weighted by molar-refractivity contribution is 0.388. The Labute approximate surface area is 204 Å². The molecule has 1 aliphatic rings. The van der Waals surface area contributed by atoms with Crippen LogP contribution in [0.3, 0.4) is 0 Å². The molecule has 0 bridgehead atoms. The summed E-state index contributed by atoms with van der Waals surface area (Å²) in [5, 5.41) is 3.90. The molecule has 0 aliphatic carbocycles. The van der Waals surface area contributed by atoms with Crippen molar-refractivity contribution in [1.82, 2.24) is 13.9 Å². The van der Waals surface area contributed by atoms with Crippen LogP contribution in [0.4, 0.5) is 17.2 Å². The molecule has 1 fully saturated rings. The van der Waals surface area contributed by atoms with Crippen LogP contribution in [0.2, 0.25) is 0 Å². The predicted molar refractivity (Wildman–Crippen MR) is 140 cm³/mol. The van der Waals surface area contributed by atoms with Crippen LogP contribution in [-0.2, 0) is 10.0 Å². The third-order valence-corrected chi connectivity index (χ3v) is 7.49. The van der Waals surface area contributed by atoms with Gasteiger partial charge in [-0.25, -0.2) is 13.4 Å². The van der Waals surface area contributed by atoms with Crippen molar-refractivity contribution < 1.29 is 8.42 Å². The summed E-state index contributed by atoms with van der Waals surface area (Å²) in [6.45, 7) is 3.66. The lowest BCUT2D eigenvalue weighted by atomic mass is 10.1. The number of hydrogen-bond acceptors (Lipinski definition) is 6. The number of piperazine rings is 1. The molecule has 180 valence electrons. The van der Waals surface area contributed by atoms with Crippen molar-refractivity contribution in [2.75, 3.05) is 42.7 Å². The molecule has 5 rings (SSSR count). The van der Waals surface area contributed by atoms with Crippen molar-refractivity contribution in [2.24, 2.45) is 0 Å². The molecule has 1 aliphatic heterocycles. The molecule has 1 saturated heterocycles. The fourth-order valence-electron chi connectivity index (χ4n) is 4.52. The summed E-state index contributed by atoms with van der Waals surface area (Å²) < 4.78 is 27.4. The minimum atomic E-state index is -3.25. The van der Waals surface area contributed by atoms with Gasteiger partial charge in [0.25, 0.3) is 0 Å². The Morgan fingerprint density at radius 3 is 2.14 bits per heavy atom. The van der Waals surface area contributed by atoms with Crippen LogP contribution in [-0.4, -0.2) is 54.7 Å². The van der Waals surface area contributed by atoms with Crippen molar-refractivity contribution in [1.29, 1.82) is 0 Å². The lowest BCUT2D eigenvalue weighted by Crippen LogP contribution is -2.48. The summed E-state index contributed by atoms with van der Waals surface area (Å²) in [7, 11) is -3.25. The summed E-state index contributed by atoms with van der Waals surface area (Å²) >= 11 is 0. The molecule has 0 saturated carbocycles. The number of nitrogens with zero attached hydrogens (tertiary/aromatic N) is 4. The number of benzene rings is 2. The largest absolute Gasteiger partial charge is 0.368 e. The summed E-state index contributed by atoms with van der Waals surface area (Å²) in [5.74, 6) is 0.617. The first-order valence-electron chi connectivity index (χ1n) is 11.5. The summed E-state index contributed by atoms with van der Waals surface area (Å²) in [5.41, 5.74) is 3.71. The summed E-state index contributed by atoms with van der Waals surface area (Å²) in [4.78, 5) is 20.4. The third kappa shape index (κ3) is 4.65. The average molecular weight is 490 g/mol. The first kappa shape index (κ1) is 23.1. The van der Waals surface area contributed by atoms with Crippen LogP contribution in [0.25, 0.3) is 16.7 Å². The van der Waals surface area contributed by atoms with Gasteiger partial charge in [0.15, 0.2) is 11.1 Å². The number of hydrogen-bond donors (Lipinski definition) is 1. The molecule has 35 heavy (non-hydrogen) atoms. The molecule has 1 N–H and O–H groups in total. The predicted octanol–water partition coefficient (Wildman–Crippen LogP) is 3.52. The van der Waals surface area contributed by atoms with Crippen molar-refractivity contribution in [2.45, 2.75) is 6.92 Å². The van der Waals surface area contributed by atoms with Gasteiger partial charge in [-0.1, -0.05) is 36.4 Å². The van der Waals surface area contributed by atoms with Gasteiger partial charge in [0, 0.05) is 49.3 Å². The number of aryl methyl sites for hydroxylation is 1. The van der Waals surface area contributed by atoms with Crippen molar-refractivity contribution in [3.63, 3.8) is 0 Å². The number of fused-ring (bicyclic) bond motifs is 1. The topological polar surface area (TPSA) is 87.5 Å². The second kappa shape index (κ2) is 9.16. The molecule has 0 spiro atoms. The maximum atomic E-state index is 13.5. The zero-order valence-electron chi connectivity index (χ0n) is 19.7. The molecule has 0 atom stereocenters. The van der Waals surface area contributed by atoms with Crippen molar-refractivity contribution >= 4 is 38.2 Å². The monoisotopic (exact) mass is 489 g/mol. The Kier molecular flexibility index (Phi) is 6.04. The van der Waals surface area contributed by atoms with Gasteiger partial charge in [0.1, 0.15) is 5.82 Å². The van der Waals surface area contributed by atoms with Gasteiger partial charge in [-0.3, -0.25) is 9.36 Å². The lowest BCUT2D eigenvalue weighted by Gasteiger charge is -2.35. The van der Waals surface area contributed by atoms with Gasteiger partial charge in [0.05, 0.1) is 17.3 Å². The number of rotatable bonds is 5. The van der Waals surface area contributed by atoms with Crippen molar-refractivity contribution in [3.05, 3.63) is 88.7 Å². The maximum absolute atomic E-state index is 13.5. The Morgan fingerprint density at radius 2 is 1.51 bits per heavy atom. The Hall–Kier alpha value is -3.69. The number of sulfonamides is 1. The first-order chi connectivity index (χ1) is 16.8. The normalized spacial score (nSPS) is 14.9. The Bertz CT molecular complexity index is 1530. The number of para-hydroxylation sites is 2. The van der Waals surface area contributed by atoms with Gasteiger partial charge in [-0.05, 0) is 37.3 Å². The maximum Gasteiger partial charge on any atom is 0.211 e. The van der Waals surface area contributed by atoms with Crippen molar-refractivity contribution in [3.8, 4) is 5.69 Å². The first-order valence-corrected chi connectivity index (χ1v) is 13.3. The van der Waals surface area contributed by atoms with E-state index in [1.54, 1.807) is 6.07 Å². The van der Waals surface area contributed by atoms with Crippen LogP contribution in [0.1, 0.15) is 5.69 Å². The number of anilines is 3. The van der Waals surface area contributed by atoms with Crippen LogP contribution in [0.5, 0.6) is 0 Å². The van der Waals surface area contributed by atoms with Crippen LogP contribution < -0.4 is 15.6 Å². The molecule has 2 aromatic heterocycles. The number of pyridine rings is 2. The van der Waals surface area contributed by atoms with Gasteiger partial charge >= 0.3 is 0 Å². The van der Waals surface area contributed by atoms with Gasteiger partial charge in [-0.2, -0.15) is 4.31 Å². The molecule has 3 heterocycles. The molecule has 4 aromatic rings. The summed E-state index contributed by atoms with van der Waals surface area (Å²) in [6, 6.07) is 23.0. The quantitative estimate of drug-likeness (QED) is 0.462. The van der Waals surface area contributed by atoms with E-state index in [1.165, 1.54) is 10.6 Å². The Balaban J connectivity index is 1.69. The zero-order chi connectivity index (χ0) is 24.6. The second-order valence-corrected chi connectivity index (χ2v) is 10.7. The van der Waals surface area contributed by atoms with E-state index in [4.69, 9.17) is 4.98 Å². The van der Waals surface area contributed by atoms with E-state index in [-0.39, 0.29) is 5.43 Å². The minimum absolute atomic E-state index is 0.140. The highest BCUT2D eigenvalue weighted by Gasteiger charge is 2.26. The fourth-order valence-corrected chi connectivity index (χ4v) is 5.35. The Morgan fingerprint density at radius 1 is 0.886 bits per heavy atom. The molecule has 9 heteroatoms. The second-order valence-electron chi connectivity index (χ2n) is 8.69. The highest BCUT2D eigenvalue weighted by Crippen LogP contribution is 2.30. The third-order valence-electron chi connectivity index (χ3n) is 6.18. The molecule has 0 unspecified atom stereocenters. The van der Waals surface area contributed by atoms with Crippen LogP contribution in [0.15, 0.2) is 77.6 Å². The van der Waals surface area contributed by atoms with Crippen LogP contribution >= 0.6 is 0 Å². The molecular weight excluding hydrogens is 462 g/mol. The van der Waals surface area contributed by atoms with E-state index >= 15 is 0 Å². The van der Waals surface area contributed by atoms with Crippen LogP contribution in [0, 0.1) is 6.92 Å². The van der Waals surface area contributed by atoms with E-state index < -0.39 is 10.0 Å². The molecule has 2 aromatic carbocycles. The average Bonchev–Trinajstić information content (AvgIpc) is 2.84. The minimum Gasteiger partial charge on any atom is -0.368 e. The standard InChI is InChI=1S/C26H27N5O3S/c1-19-17-22(29-13-15-30(16-14-29)35(2,33)34)25-23(32)18-24(28-20-9-5-3-6-10-20)31(26(25)27-19)21-11-7-4-8-12-21/h3-12,17-18,28H,13-16H2,1-2H3. The molecule has 8 nitrogen and oxygen atoms in total. The highest BCUT2D eigenvalue weighted by atomic mass is 32.2. The highest BCUT2D eigenvalue weighted by molar-refractivity contribution is 7.88. The van der Waals surface area contributed by atoms with Gasteiger partial charge in [0.2, 0.25) is 10.0 Å². The number of nitrogens with one attached hydrogen (secondary N) is 1. The zero-order valence-corrected chi connectivity index (χ0v) is 20.5. The molecule has 0 amide bonds. The smallest absolute Gasteiger partial charge is 0.211 e. The van der Waals surface area contributed by atoms with E-state index in [2.05, 4.69) is 10.2 Å². The van der Waals surface area contributed by atoms with Gasteiger partial charge in [-0.15, -0.1) is 0 Å². The number of aromatic nitrogens is 2. The van der Waals surface area contributed by atoms with E-state index in [1.807, 2.05) is 78.2 Å².